The van der Waals surface area contributed by atoms with Crippen molar-refractivity contribution >= 4 is 123 Å². The first-order valence-corrected chi connectivity index (χ1v) is 43.4. The number of aliphatic carboxylic acids is 2. The number of rotatable bonds is 23. The van der Waals surface area contributed by atoms with E-state index in [0.29, 0.717) is 44.3 Å². The van der Waals surface area contributed by atoms with E-state index in [1.54, 1.807) is 135 Å². The first-order chi connectivity index (χ1) is 61.7. The van der Waals surface area contributed by atoms with Gasteiger partial charge in [0, 0.05) is 103 Å². The van der Waals surface area contributed by atoms with Crippen LogP contribution in [0.25, 0.3) is 10.9 Å². The summed E-state index contributed by atoms with van der Waals surface area (Å²) < 4.78 is 0. The van der Waals surface area contributed by atoms with Gasteiger partial charge in [-0.25, -0.2) is 0 Å². The average Bonchev–Trinajstić information content (AvgIpc) is 1.40. The molecule has 0 radical (unpaired) electrons. The summed E-state index contributed by atoms with van der Waals surface area (Å²) >= 11 is 0.787. The molecule has 0 spiro atoms. The fraction of sp³-hybridized carbons (Fsp3) is 0.402. The topological polar surface area (TPSA) is 537 Å². The summed E-state index contributed by atoms with van der Waals surface area (Å²) in [5.41, 5.74) is 8.86. The molecule has 16 N–H and O–H groups in total. The molecule has 6 aromatic carbocycles. The molecule has 1 aliphatic heterocycles. The number of para-hydroxylation sites is 1. The van der Waals surface area contributed by atoms with Gasteiger partial charge in [-0.3, -0.25) is 81.5 Å². The largest absolute Gasteiger partial charge is 0.508 e. The molecule has 0 bridgehead atoms. The number of phenolic OH excluding ortho intramolecular Hbond substituents is 2. The van der Waals surface area contributed by atoms with Crippen molar-refractivity contribution in [3.8, 4) is 11.5 Å². The SMILES string of the molecule is CC(C)C[C@@H]1NC(=O)[C@H](Cc2ccc(O)cc2)NC(=O)[C@H](Cc2c[nH]c3ccccc23)NC(=O)CN(C)C(=O)[C@H](Cc2ccc(O)cc2)NC(=O)[C@H](Cc2ccccc2)N(C)C(=O)[C@H](C(C)C)NC(=O)[C@H](CC(=O)O)NC(=O)CN(C)C(=O)[C@H](CCC(=O)O)N(C)C(=O)[C@H](Cc2ccccc2)N(C)C(=O)[C@H](Cc2ccccc2)NC(=O)CSC[C@@H](C(=O)NCC(N)=O)NC1=O. The summed E-state index contributed by atoms with van der Waals surface area (Å²) in [4.78, 5) is 255. The van der Waals surface area contributed by atoms with E-state index < -0.39 is 223 Å². The number of nitrogens with two attached hydrogens (primary N) is 1. The number of aromatic nitrogens is 1. The lowest BCUT2D eigenvalue weighted by Gasteiger charge is -2.37. The van der Waals surface area contributed by atoms with Gasteiger partial charge in [-0.2, -0.15) is 0 Å². The number of nitrogens with one attached hydrogen (secondary N) is 10. The third kappa shape index (κ3) is 30.5. The third-order valence-corrected chi connectivity index (χ3v) is 22.9. The summed E-state index contributed by atoms with van der Waals surface area (Å²) in [5.74, 6) is -20.1. The molecular weight excluding hydrogens is 1700 g/mol. The molecule has 2 heterocycles. The van der Waals surface area contributed by atoms with Gasteiger partial charge in [0.2, 0.25) is 88.6 Å². The summed E-state index contributed by atoms with van der Waals surface area (Å²) in [6.45, 7) is 4.02. The molecule has 0 unspecified atom stereocenters. The number of carbonyl (C=O) groups excluding carboxylic acids is 15. The van der Waals surface area contributed by atoms with Crippen LogP contribution in [0.1, 0.15) is 86.8 Å². The van der Waals surface area contributed by atoms with Gasteiger partial charge >= 0.3 is 11.9 Å². The van der Waals surface area contributed by atoms with Crippen LogP contribution < -0.4 is 53.6 Å². The second-order valence-corrected chi connectivity index (χ2v) is 33.9. The van der Waals surface area contributed by atoms with Crippen molar-refractivity contribution in [3.63, 3.8) is 0 Å². The molecule has 130 heavy (non-hydrogen) atoms. The molecule has 0 aliphatic carbocycles. The van der Waals surface area contributed by atoms with Crippen molar-refractivity contribution in [2.75, 3.05) is 66.4 Å². The van der Waals surface area contributed by atoms with Crippen LogP contribution in [0.2, 0.25) is 0 Å². The maximum atomic E-state index is 15.5. The number of carboxylic acids is 2. The van der Waals surface area contributed by atoms with E-state index in [1.807, 2.05) is 0 Å². The van der Waals surface area contributed by atoms with Gasteiger partial charge < -0.3 is 103 Å². The Labute approximate surface area is 755 Å². The van der Waals surface area contributed by atoms with Gasteiger partial charge in [-0.05, 0) is 88.4 Å². The van der Waals surface area contributed by atoms with Crippen LogP contribution >= 0.6 is 11.8 Å². The number of H-pyrrole nitrogens is 1. The van der Waals surface area contributed by atoms with Gasteiger partial charge in [0.05, 0.1) is 31.8 Å². The number of hydrogen-bond acceptors (Lipinski definition) is 20. The van der Waals surface area contributed by atoms with E-state index in [4.69, 9.17) is 5.73 Å². The Balaban J connectivity index is 1.22. The van der Waals surface area contributed by atoms with E-state index in [-0.39, 0.29) is 62.4 Å². The lowest BCUT2D eigenvalue weighted by atomic mass is 9.98. The second kappa shape index (κ2) is 48.7. The number of nitrogens with zero attached hydrogens (tertiary/aromatic N) is 5. The van der Waals surface area contributed by atoms with Crippen LogP contribution in [0.15, 0.2) is 170 Å². The number of likely N-dealkylation sites (N-methyl/N-ethyl adjacent to an activating group) is 5. The van der Waals surface area contributed by atoms with Crippen LogP contribution in [0.5, 0.6) is 11.5 Å². The molecule has 1 saturated heterocycles. The second-order valence-electron chi connectivity index (χ2n) is 32.9. The van der Waals surface area contributed by atoms with Crippen molar-refractivity contribution in [1.82, 2.24) is 77.3 Å². The fourth-order valence-electron chi connectivity index (χ4n) is 14.8. The highest BCUT2D eigenvalue weighted by molar-refractivity contribution is 8.00. The number of phenols is 2. The summed E-state index contributed by atoms with van der Waals surface area (Å²) in [5, 5.41) is 65.3. The molecule has 15 amide bonds. The number of fused-ring (bicyclic) bond motifs is 1. The quantitative estimate of drug-likeness (QED) is 0.0425. The van der Waals surface area contributed by atoms with E-state index in [9.17, 15) is 68.4 Å². The molecule has 1 aromatic heterocycles. The third-order valence-electron chi connectivity index (χ3n) is 21.9. The van der Waals surface area contributed by atoms with Gasteiger partial charge in [0.25, 0.3) is 0 Å². The molecule has 1 fully saturated rings. The Morgan fingerprint density at radius 3 is 1.41 bits per heavy atom. The molecule has 37 nitrogen and oxygen atoms in total. The highest BCUT2D eigenvalue weighted by Crippen LogP contribution is 2.25. The molecule has 8 rings (SSSR count). The first kappa shape index (κ1) is 101. The highest BCUT2D eigenvalue weighted by Gasteiger charge is 2.43. The van der Waals surface area contributed by atoms with Crippen LogP contribution in [0.4, 0.5) is 0 Å². The van der Waals surface area contributed by atoms with Crippen molar-refractivity contribution in [2.24, 2.45) is 17.6 Å². The van der Waals surface area contributed by atoms with Gasteiger partial charge in [0.15, 0.2) is 0 Å². The molecule has 11 atom stereocenters. The molecule has 1 aliphatic rings. The number of thioether (sulfide) groups is 1. The van der Waals surface area contributed by atoms with E-state index in [1.165, 1.54) is 90.6 Å². The van der Waals surface area contributed by atoms with Crippen molar-refractivity contribution in [3.05, 3.63) is 203 Å². The predicted octanol–water partition coefficient (Wildman–Crippen LogP) is 1.00. The number of carbonyl (C=O) groups is 17. The van der Waals surface area contributed by atoms with Crippen LogP contribution in [-0.2, 0) is 120 Å². The predicted molar refractivity (Wildman–Crippen MR) is 479 cm³/mol. The lowest BCUT2D eigenvalue weighted by Crippen LogP contribution is -2.61. The van der Waals surface area contributed by atoms with Gasteiger partial charge in [-0.1, -0.05) is 161 Å². The van der Waals surface area contributed by atoms with Crippen LogP contribution in [0.3, 0.4) is 0 Å². The number of benzene rings is 6. The van der Waals surface area contributed by atoms with E-state index in [2.05, 4.69) is 52.8 Å². The van der Waals surface area contributed by atoms with Crippen molar-refractivity contribution in [2.45, 2.75) is 158 Å². The standard InChI is InChI=1S/C92H114N16O21S/c1-53(2)39-65-83(120)102-71(82(119)95-48-75(93)111)51-130-52-78(114)98-70(41-55-21-13-10-14-22-55)89(126)108(9)74(44-57-25-17-12-18-26-57)91(128)106(7)72(37-38-79(115)116)90(127)105(6)50-77(113)97-68(46-80(117)118)86(123)103-81(54(3)4)92(129)107(8)73(43-56-23-15-11-16-24-56)87(124)101-69(42-59-31-35-62(110)36-32-59)88(125)104(5)49-76(112)96-67(45-60-47-94-64-28-20-19-27-63(60)64)85(122)100-66(84(121)99-65)40-58-29-33-61(109)34-30-58/h10-36,47,53-54,65-74,81,94,109-110H,37-46,48-52H2,1-9H3,(H2,93,111)(H,95,119)(H,96,112)(H,97,113)(H,98,114)(H,99,121)(H,100,122)(H,101,124)(H,102,120)(H,103,123)(H,115,116)(H,117,118)/t65-,66-,67-,68-,69-,70-,71-,72-,73-,74-,81-/m0/s1. The monoisotopic (exact) mass is 1810 g/mol. The lowest BCUT2D eigenvalue weighted by molar-refractivity contribution is -0.152. The Kier molecular flexibility index (Phi) is 37.9. The smallest absolute Gasteiger partial charge is 0.305 e. The number of amides is 15. The zero-order valence-corrected chi connectivity index (χ0v) is 74.5. The minimum Gasteiger partial charge on any atom is -0.508 e. The summed E-state index contributed by atoms with van der Waals surface area (Å²) in [6, 6.07) is 25.5. The summed E-state index contributed by atoms with van der Waals surface area (Å²) in [7, 11) is 6.06. The minimum atomic E-state index is -1.99. The van der Waals surface area contributed by atoms with Gasteiger partial charge in [0.1, 0.15) is 78.0 Å². The molecule has 694 valence electrons. The molecular formula is C92H114N16O21S. The van der Waals surface area contributed by atoms with E-state index in [0.717, 1.165) is 43.3 Å². The molecule has 7 aromatic rings. The number of aromatic hydroxyl groups is 2. The molecule has 0 saturated carbocycles. The number of primary amides is 1. The zero-order chi connectivity index (χ0) is 95.2. The molecule has 38 heteroatoms. The number of carboxylic acid groups (broad SMARTS) is 2. The highest BCUT2D eigenvalue weighted by atomic mass is 32.2. The average molecular weight is 1810 g/mol. The van der Waals surface area contributed by atoms with E-state index >= 15 is 33.6 Å². The number of hydrogen-bond donors (Lipinski definition) is 15. The Morgan fingerprint density at radius 2 is 0.877 bits per heavy atom. The van der Waals surface area contributed by atoms with Gasteiger partial charge in [-0.15, -0.1) is 11.8 Å². The van der Waals surface area contributed by atoms with Crippen LogP contribution in [-0.4, -0.2) is 283 Å². The van der Waals surface area contributed by atoms with Crippen LogP contribution in [0, 0.1) is 11.8 Å². The Hall–Kier alpha value is -14.2. The zero-order valence-electron chi connectivity index (χ0n) is 73.7. The normalized spacial score (nSPS) is 21.8. The first-order valence-electron chi connectivity index (χ1n) is 42.2. The van der Waals surface area contributed by atoms with Crippen molar-refractivity contribution < 1.29 is 102 Å². The van der Waals surface area contributed by atoms with Crippen molar-refractivity contribution in [1.29, 1.82) is 0 Å². The maximum absolute atomic E-state index is 15.5. The number of aromatic amines is 1. The Morgan fingerprint density at radius 1 is 0.438 bits per heavy atom. The Bertz CT molecular complexity index is 5160. The summed E-state index contributed by atoms with van der Waals surface area (Å²) in [6.07, 6.45) is -2.51. The fourth-order valence-corrected chi connectivity index (χ4v) is 15.7. The maximum Gasteiger partial charge on any atom is 0.305 e. The minimum absolute atomic E-state index is 0.114.